The third-order valence-electron chi connectivity index (χ3n) is 6.90. The normalized spacial score (nSPS) is 16.3. The fourth-order valence-electron chi connectivity index (χ4n) is 4.89. The van der Waals surface area contributed by atoms with Crippen molar-refractivity contribution in [1.29, 1.82) is 0 Å². The molecule has 0 aliphatic heterocycles. The maximum Gasteiger partial charge on any atom is 0.261 e. The van der Waals surface area contributed by atoms with E-state index in [-0.39, 0.29) is 5.92 Å². The van der Waals surface area contributed by atoms with Crippen LogP contribution in [0.15, 0.2) is 65.2 Å². The van der Waals surface area contributed by atoms with Crippen molar-refractivity contribution in [1.82, 2.24) is 4.98 Å². The number of oxazole rings is 1. The van der Waals surface area contributed by atoms with Gasteiger partial charge in [0.2, 0.25) is 5.89 Å². The number of likely N-dealkylation sites (N-methyl/N-ethyl adjacent to an activating group) is 1. The minimum absolute atomic E-state index is 0.110. The minimum Gasteiger partial charge on any atom is -0.436 e. The number of aliphatic hydroxyl groups is 1. The lowest BCUT2D eigenvalue weighted by Gasteiger charge is -2.36. The van der Waals surface area contributed by atoms with Gasteiger partial charge in [-0.2, -0.15) is 8.42 Å². The van der Waals surface area contributed by atoms with E-state index in [2.05, 4.69) is 19.1 Å². The second-order valence-corrected chi connectivity index (χ2v) is 12.7. The first kappa shape index (κ1) is 31.3. The Morgan fingerprint density at radius 2 is 1.69 bits per heavy atom. The summed E-state index contributed by atoms with van der Waals surface area (Å²) in [5.41, 5.74) is 0.774. The fourth-order valence-corrected chi connectivity index (χ4v) is 5.01. The molecule has 0 spiro atoms. The van der Waals surface area contributed by atoms with Gasteiger partial charge in [0.25, 0.3) is 10.1 Å². The zero-order chi connectivity index (χ0) is 28.5. The lowest BCUT2D eigenvalue weighted by atomic mass is 9.73. The summed E-state index contributed by atoms with van der Waals surface area (Å²) in [5, 5.41) is 12.7. The molecule has 39 heavy (non-hydrogen) atoms. The maximum atomic E-state index is 12.0. The van der Waals surface area contributed by atoms with Crippen molar-refractivity contribution in [3.8, 4) is 0 Å². The van der Waals surface area contributed by atoms with Crippen LogP contribution in [0.1, 0.15) is 54.9 Å². The van der Waals surface area contributed by atoms with E-state index in [1.54, 1.807) is 6.20 Å². The summed E-state index contributed by atoms with van der Waals surface area (Å²) in [7, 11) is 0.636. The first-order valence-electron chi connectivity index (χ1n) is 13.2. The van der Waals surface area contributed by atoms with Crippen LogP contribution in [0, 0.1) is 5.92 Å². The zero-order valence-electron chi connectivity index (χ0n) is 22.9. The summed E-state index contributed by atoms with van der Waals surface area (Å²) >= 11 is 5.95. The van der Waals surface area contributed by atoms with E-state index in [1.165, 1.54) is 6.42 Å². The molecule has 0 unspecified atom stereocenters. The summed E-state index contributed by atoms with van der Waals surface area (Å²) in [6.45, 7) is 2.70. The van der Waals surface area contributed by atoms with E-state index in [0.717, 1.165) is 54.1 Å². The molecule has 1 saturated carbocycles. The Morgan fingerprint density at radius 3 is 2.31 bits per heavy atom. The van der Waals surface area contributed by atoms with Gasteiger partial charge in [-0.15, -0.1) is 0 Å². The lowest BCUT2D eigenvalue weighted by Crippen LogP contribution is -2.41. The van der Waals surface area contributed by atoms with Gasteiger partial charge < -0.3 is 18.7 Å². The smallest absolute Gasteiger partial charge is 0.261 e. The molecule has 2 N–H and O–H groups in total. The number of benzene rings is 2. The molecule has 10 heteroatoms. The fraction of sp³-hybridized carbons (Fsp3) is 0.483. The second-order valence-electron chi connectivity index (χ2n) is 10.8. The molecule has 3 aromatic rings. The van der Waals surface area contributed by atoms with Crippen molar-refractivity contribution in [2.24, 2.45) is 5.92 Å². The quantitative estimate of drug-likeness (QED) is 0.187. The molecule has 1 atom stereocenters. The molecular formula is C29H40ClN2O6S+. The molecule has 1 fully saturated rings. The molecule has 4 rings (SSSR count). The molecule has 8 nitrogen and oxygen atoms in total. The molecule has 0 bridgehead atoms. The highest BCUT2D eigenvalue weighted by Gasteiger charge is 2.44. The summed E-state index contributed by atoms with van der Waals surface area (Å²) < 4.78 is 38.7. The Hall–Kier alpha value is -2.27. The van der Waals surface area contributed by atoms with Gasteiger partial charge in [-0.05, 0) is 36.1 Å². The standard InChI is InChI=1S/C28H36ClN2O3.CH4O3S/c1-31(2,17-18-33-21-22-13-15-25(29)16-14-22)20-26-19-30-27(34-26)28(32,23-9-5-3-6-10-23)24-11-7-4-8-12-24;1-5(2,3)4/h3,5-6,9-10,13-16,19,24,32H,4,7-8,11-12,17-18,20-21H2,1-2H3;1H3,(H,2,3,4)/q+1;/t28-;/m0./s1. The highest BCUT2D eigenvalue weighted by molar-refractivity contribution is 7.85. The van der Waals surface area contributed by atoms with Crippen LogP contribution in [0.5, 0.6) is 0 Å². The Labute approximate surface area is 236 Å². The number of hydrogen-bond donors (Lipinski definition) is 2. The van der Waals surface area contributed by atoms with Crippen LogP contribution in [-0.4, -0.2) is 61.0 Å². The highest BCUT2D eigenvalue weighted by Crippen LogP contribution is 2.43. The van der Waals surface area contributed by atoms with E-state index in [0.29, 0.717) is 36.4 Å². The number of hydrogen-bond acceptors (Lipinski definition) is 6. The molecule has 0 saturated heterocycles. The first-order chi connectivity index (χ1) is 18.4. The van der Waals surface area contributed by atoms with Crippen LogP contribution in [0.4, 0.5) is 0 Å². The van der Waals surface area contributed by atoms with E-state index >= 15 is 0 Å². The van der Waals surface area contributed by atoms with Gasteiger partial charge in [0.15, 0.2) is 11.4 Å². The molecule has 1 aliphatic carbocycles. The summed E-state index contributed by atoms with van der Waals surface area (Å²) in [6.07, 6.45) is 7.95. The van der Waals surface area contributed by atoms with Crippen molar-refractivity contribution >= 4 is 21.7 Å². The average molecular weight is 580 g/mol. The summed E-state index contributed by atoms with van der Waals surface area (Å²) in [4.78, 5) is 4.60. The van der Waals surface area contributed by atoms with Gasteiger partial charge in [0.1, 0.15) is 13.1 Å². The second kappa shape index (κ2) is 13.9. The topological polar surface area (TPSA) is 110 Å². The number of nitrogens with zero attached hydrogens (tertiary/aromatic N) is 2. The Bertz CT molecular complexity index is 1250. The van der Waals surface area contributed by atoms with Crippen LogP contribution in [0.3, 0.4) is 0 Å². The average Bonchev–Trinajstić information content (AvgIpc) is 3.35. The predicted octanol–water partition coefficient (Wildman–Crippen LogP) is 5.44. The van der Waals surface area contributed by atoms with Crippen molar-refractivity contribution in [3.63, 3.8) is 0 Å². The Kier molecular flexibility index (Phi) is 11.1. The third-order valence-corrected chi connectivity index (χ3v) is 7.15. The summed E-state index contributed by atoms with van der Waals surface area (Å²) in [5.74, 6) is 1.31. The molecule has 1 heterocycles. The highest BCUT2D eigenvalue weighted by atomic mass is 35.5. The van der Waals surface area contributed by atoms with Crippen LogP contribution in [0.2, 0.25) is 5.02 Å². The van der Waals surface area contributed by atoms with Crippen molar-refractivity contribution in [2.75, 3.05) is 33.5 Å². The SMILES string of the molecule is CS(=O)(=O)O.C[N+](C)(CCOCc1ccc(Cl)cc1)Cc1cnc([C@](O)(c2ccccc2)C2CCCCC2)o1. The predicted molar refractivity (Wildman–Crippen MR) is 152 cm³/mol. The number of quaternary nitrogens is 1. The molecule has 214 valence electrons. The van der Waals surface area contributed by atoms with Gasteiger partial charge in [-0.25, -0.2) is 4.98 Å². The summed E-state index contributed by atoms with van der Waals surface area (Å²) in [6, 6.07) is 17.6. The van der Waals surface area contributed by atoms with Crippen molar-refractivity contribution in [3.05, 3.63) is 88.6 Å². The van der Waals surface area contributed by atoms with Crippen molar-refractivity contribution < 1.29 is 31.7 Å². The molecule has 1 aromatic heterocycles. The number of rotatable bonds is 10. The first-order valence-corrected chi connectivity index (χ1v) is 15.4. The number of ether oxygens (including phenoxy) is 1. The molecule has 0 amide bonds. The molecule has 2 aromatic carbocycles. The van der Waals surface area contributed by atoms with E-state index in [1.807, 2.05) is 54.6 Å². The van der Waals surface area contributed by atoms with Crippen LogP contribution >= 0.6 is 11.6 Å². The number of aromatic nitrogens is 1. The molecular weight excluding hydrogens is 540 g/mol. The van der Waals surface area contributed by atoms with E-state index < -0.39 is 15.7 Å². The van der Waals surface area contributed by atoms with Gasteiger partial charge >= 0.3 is 0 Å². The maximum absolute atomic E-state index is 12.0. The van der Waals surface area contributed by atoms with Crippen LogP contribution in [-0.2, 0) is 33.6 Å². The van der Waals surface area contributed by atoms with Crippen molar-refractivity contribution in [2.45, 2.75) is 50.9 Å². The van der Waals surface area contributed by atoms with Gasteiger partial charge in [-0.1, -0.05) is 73.3 Å². The minimum atomic E-state index is -3.67. The van der Waals surface area contributed by atoms with E-state index in [9.17, 15) is 13.5 Å². The Morgan fingerprint density at radius 1 is 1.08 bits per heavy atom. The van der Waals surface area contributed by atoms with Gasteiger partial charge in [-0.3, -0.25) is 4.55 Å². The van der Waals surface area contributed by atoms with E-state index in [4.69, 9.17) is 25.3 Å². The largest absolute Gasteiger partial charge is 0.436 e. The van der Waals surface area contributed by atoms with Crippen LogP contribution < -0.4 is 0 Å². The van der Waals surface area contributed by atoms with Gasteiger partial charge in [0, 0.05) is 10.9 Å². The zero-order valence-corrected chi connectivity index (χ0v) is 24.5. The Balaban J connectivity index is 0.000000771. The van der Waals surface area contributed by atoms with Crippen LogP contribution in [0.25, 0.3) is 0 Å². The molecule has 1 aliphatic rings. The monoisotopic (exact) mass is 579 g/mol. The van der Waals surface area contributed by atoms with Gasteiger partial charge in [0.05, 0.1) is 39.8 Å². The number of halogens is 1. The lowest BCUT2D eigenvalue weighted by molar-refractivity contribution is -0.905. The molecule has 0 radical (unpaired) electrons. The third kappa shape index (κ3) is 10.0.